The van der Waals surface area contributed by atoms with Crippen molar-refractivity contribution in [3.63, 3.8) is 0 Å². The fourth-order valence-electron chi connectivity index (χ4n) is 3.89. The van der Waals surface area contributed by atoms with E-state index in [1.165, 1.54) is 5.69 Å². The van der Waals surface area contributed by atoms with Crippen LogP contribution in [0.1, 0.15) is 13.3 Å². The Kier molecular flexibility index (Phi) is 5.69. The maximum atomic E-state index is 12.8. The van der Waals surface area contributed by atoms with Crippen LogP contribution in [0.15, 0.2) is 54.6 Å². The van der Waals surface area contributed by atoms with E-state index in [-0.39, 0.29) is 23.7 Å². The number of nitrogens with one attached hydrogen (secondary N) is 1. The summed E-state index contributed by atoms with van der Waals surface area (Å²) >= 11 is 0. The van der Waals surface area contributed by atoms with Crippen LogP contribution in [0.3, 0.4) is 0 Å². The number of anilines is 2. The predicted molar refractivity (Wildman–Crippen MR) is 113 cm³/mol. The number of para-hydroxylation sites is 3. The van der Waals surface area contributed by atoms with Gasteiger partial charge in [-0.15, -0.1) is 0 Å². The van der Waals surface area contributed by atoms with Gasteiger partial charge in [-0.3, -0.25) is 9.59 Å². The Bertz CT molecular complexity index is 863. The van der Waals surface area contributed by atoms with E-state index in [1.807, 2.05) is 54.3 Å². The molecule has 1 saturated carbocycles. The molecule has 1 aliphatic heterocycles. The Morgan fingerprint density at radius 2 is 1.66 bits per heavy atom. The number of benzene rings is 2. The number of carbonyl (C=O) groups excluding carboxylic acids is 2. The molecule has 1 saturated heterocycles. The largest absolute Gasteiger partial charge is 0.492 e. The first-order valence-corrected chi connectivity index (χ1v) is 10.3. The summed E-state index contributed by atoms with van der Waals surface area (Å²) in [6.45, 7) is 5.48. The number of carbonyl (C=O) groups is 2. The number of piperazine rings is 1. The lowest BCUT2D eigenvalue weighted by molar-refractivity contribution is -0.134. The van der Waals surface area contributed by atoms with E-state index in [2.05, 4.69) is 22.3 Å². The molecule has 29 heavy (non-hydrogen) atoms. The van der Waals surface area contributed by atoms with Crippen molar-refractivity contribution in [3.8, 4) is 5.75 Å². The Balaban J connectivity index is 1.29. The first-order chi connectivity index (χ1) is 14.2. The number of ether oxygens (including phenoxy) is 1. The molecule has 1 N–H and O–H groups in total. The van der Waals surface area contributed by atoms with E-state index in [9.17, 15) is 9.59 Å². The molecule has 2 amide bonds. The van der Waals surface area contributed by atoms with Crippen molar-refractivity contribution in [1.82, 2.24) is 4.90 Å². The number of hydrogen-bond acceptors (Lipinski definition) is 4. The summed E-state index contributed by atoms with van der Waals surface area (Å²) < 4.78 is 5.56. The van der Waals surface area contributed by atoms with Gasteiger partial charge in [0.25, 0.3) is 0 Å². The van der Waals surface area contributed by atoms with Crippen molar-refractivity contribution < 1.29 is 14.3 Å². The van der Waals surface area contributed by atoms with Gasteiger partial charge in [0.2, 0.25) is 11.8 Å². The number of hydrogen-bond donors (Lipinski definition) is 1. The maximum Gasteiger partial charge on any atom is 0.228 e. The third kappa shape index (κ3) is 4.36. The molecule has 6 heteroatoms. The lowest BCUT2D eigenvalue weighted by Gasteiger charge is -2.36. The Morgan fingerprint density at radius 1 is 0.966 bits per heavy atom. The summed E-state index contributed by atoms with van der Waals surface area (Å²) in [6, 6.07) is 17.7. The SMILES string of the molecule is CCOc1ccccc1NC(=O)C1CC1C(=O)N1CCN(c2ccccc2)CC1. The topological polar surface area (TPSA) is 61.9 Å². The zero-order chi connectivity index (χ0) is 20.2. The summed E-state index contributed by atoms with van der Waals surface area (Å²) in [5.74, 6) is 0.222. The van der Waals surface area contributed by atoms with E-state index in [0.29, 0.717) is 37.6 Å². The fourth-order valence-corrected chi connectivity index (χ4v) is 3.89. The molecule has 2 aliphatic rings. The molecule has 4 rings (SSSR count). The molecule has 0 bridgehead atoms. The van der Waals surface area contributed by atoms with Crippen molar-refractivity contribution in [3.05, 3.63) is 54.6 Å². The van der Waals surface area contributed by atoms with Gasteiger partial charge in [-0.25, -0.2) is 0 Å². The Hall–Kier alpha value is -3.02. The summed E-state index contributed by atoms with van der Waals surface area (Å²) in [4.78, 5) is 29.7. The van der Waals surface area contributed by atoms with Gasteiger partial charge < -0.3 is 19.9 Å². The van der Waals surface area contributed by atoms with Crippen LogP contribution >= 0.6 is 0 Å². The molecule has 2 aromatic carbocycles. The lowest BCUT2D eigenvalue weighted by Crippen LogP contribution is -2.49. The van der Waals surface area contributed by atoms with Crippen LogP contribution in [0.4, 0.5) is 11.4 Å². The third-order valence-electron chi connectivity index (χ3n) is 5.60. The highest BCUT2D eigenvalue weighted by Crippen LogP contribution is 2.41. The first kappa shape index (κ1) is 19.3. The monoisotopic (exact) mass is 393 g/mol. The second-order valence-corrected chi connectivity index (χ2v) is 7.51. The van der Waals surface area contributed by atoms with Crippen molar-refractivity contribution >= 4 is 23.2 Å². The minimum absolute atomic E-state index is 0.0987. The molecule has 2 unspecified atom stereocenters. The molecule has 0 spiro atoms. The quantitative estimate of drug-likeness (QED) is 0.820. The van der Waals surface area contributed by atoms with Crippen LogP contribution in [-0.2, 0) is 9.59 Å². The van der Waals surface area contributed by atoms with Crippen molar-refractivity contribution in [2.75, 3.05) is 43.0 Å². The molecule has 2 aromatic rings. The minimum atomic E-state index is -0.246. The summed E-state index contributed by atoms with van der Waals surface area (Å²) in [7, 11) is 0. The van der Waals surface area contributed by atoms with Crippen LogP contribution in [0.2, 0.25) is 0 Å². The molecule has 152 valence electrons. The van der Waals surface area contributed by atoms with Crippen molar-refractivity contribution in [1.29, 1.82) is 0 Å². The van der Waals surface area contributed by atoms with E-state index in [4.69, 9.17) is 4.74 Å². The van der Waals surface area contributed by atoms with Crippen molar-refractivity contribution in [2.45, 2.75) is 13.3 Å². The summed E-state index contributed by atoms with van der Waals surface area (Å²) in [6.07, 6.45) is 0.625. The highest BCUT2D eigenvalue weighted by atomic mass is 16.5. The fraction of sp³-hybridized carbons (Fsp3) is 0.391. The standard InChI is InChI=1S/C23H27N3O3/c1-2-29-21-11-7-6-10-20(21)24-22(27)18-16-19(18)23(28)26-14-12-25(13-15-26)17-8-4-3-5-9-17/h3-11,18-19H,2,12-16H2,1H3,(H,24,27). The van der Waals surface area contributed by atoms with Gasteiger partial charge in [0, 0.05) is 31.9 Å². The van der Waals surface area contributed by atoms with Crippen LogP contribution in [0.25, 0.3) is 0 Å². The van der Waals surface area contributed by atoms with E-state index in [1.54, 1.807) is 0 Å². The second kappa shape index (κ2) is 8.55. The number of rotatable bonds is 6. The molecular formula is C23H27N3O3. The molecule has 0 aromatic heterocycles. The third-order valence-corrected chi connectivity index (χ3v) is 5.60. The van der Waals surface area contributed by atoms with Gasteiger partial charge in [0.05, 0.1) is 24.1 Å². The lowest BCUT2D eigenvalue weighted by atomic mass is 10.2. The highest BCUT2D eigenvalue weighted by Gasteiger charge is 2.49. The summed E-state index contributed by atoms with van der Waals surface area (Å²) in [5, 5.41) is 2.93. The van der Waals surface area contributed by atoms with Crippen LogP contribution < -0.4 is 15.0 Å². The maximum absolute atomic E-state index is 12.8. The smallest absolute Gasteiger partial charge is 0.228 e. The average molecular weight is 393 g/mol. The Morgan fingerprint density at radius 3 is 2.38 bits per heavy atom. The molecular weight excluding hydrogens is 366 g/mol. The molecule has 1 heterocycles. The van der Waals surface area contributed by atoms with Crippen LogP contribution in [-0.4, -0.2) is 49.5 Å². The van der Waals surface area contributed by atoms with E-state index in [0.717, 1.165) is 13.1 Å². The van der Waals surface area contributed by atoms with Gasteiger partial charge in [-0.2, -0.15) is 0 Å². The van der Waals surface area contributed by atoms with Gasteiger partial charge in [0.1, 0.15) is 5.75 Å². The highest BCUT2D eigenvalue weighted by molar-refractivity contribution is 6.00. The van der Waals surface area contributed by atoms with Crippen molar-refractivity contribution in [2.24, 2.45) is 11.8 Å². The molecule has 6 nitrogen and oxygen atoms in total. The molecule has 1 aliphatic carbocycles. The van der Waals surface area contributed by atoms with Crippen LogP contribution in [0, 0.1) is 11.8 Å². The second-order valence-electron chi connectivity index (χ2n) is 7.51. The zero-order valence-corrected chi connectivity index (χ0v) is 16.7. The van der Waals surface area contributed by atoms with Gasteiger partial charge in [-0.05, 0) is 37.6 Å². The summed E-state index contributed by atoms with van der Waals surface area (Å²) in [5.41, 5.74) is 1.85. The van der Waals surface area contributed by atoms with Gasteiger partial charge >= 0.3 is 0 Å². The molecule has 2 fully saturated rings. The van der Waals surface area contributed by atoms with E-state index < -0.39 is 0 Å². The minimum Gasteiger partial charge on any atom is -0.492 e. The molecule has 2 atom stereocenters. The van der Waals surface area contributed by atoms with Crippen LogP contribution in [0.5, 0.6) is 5.75 Å². The van der Waals surface area contributed by atoms with Gasteiger partial charge in [0.15, 0.2) is 0 Å². The van der Waals surface area contributed by atoms with E-state index >= 15 is 0 Å². The Labute approximate surface area is 171 Å². The number of amides is 2. The zero-order valence-electron chi connectivity index (χ0n) is 16.7. The normalized spacial score (nSPS) is 20.9. The van der Waals surface area contributed by atoms with Gasteiger partial charge in [-0.1, -0.05) is 30.3 Å². The average Bonchev–Trinajstić information content (AvgIpc) is 3.57. The predicted octanol–water partition coefficient (Wildman–Crippen LogP) is 3.01. The number of nitrogens with zero attached hydrogens (tertiary/aromatic N) is 2. The first-order valence-electron chi connectivity index (χ1n) is 10.3. The molecule has 0 radical (unpaired) electrons.